The van der Waals surface area contributed by atoms with Gasteiger partial charge in [0.1, 0.15) is 30.2 Å². The van der Waals surface area contributed by atoms with Gasteiger partial charge in [-0.1, -0.05) is 36.4 Å². The number of aromatic nitrogens is 3. The first kappa shape index (κ1) is 17.7. The van der Waals surface area contributed by atoms with Crippen LogP contribution in [0.4, 0.5) is 4.39 Å². The molecule has 1 amide bonds. The summed E-state index contributed by atoms with van der Waals surface area (Å²) in [5.41, 5.74) is 2.42. The second kappa shape index (κ2) is 7.87. The van der Waals surface area contributed by atoms with Crippen LogP contribution in [0.3, 0.4) is 0 Å². The van der Waals surface area contributed by atoms with Crippen LogP contribution < -0.4 is 10.1 Å². The minimum atomic E-state index is -0.297. The number of rotatable bonds is 6. The molecule has 0 saturated carbocycles. The lowest BCUT2D eigenvalue weighted by molar-refractivity contribution is 0.0944. The molecule has 0 atom stereocenters. The molecular weight excluding hydrogens is 359 g/mol. The molecule has 0 unspecified atom stereocenters. The number of carbonyl (C=O) groups is 1. The monoisotopic (exact) mass is 376 g/mol. The SMILES string of the molecule is O=C(NCc1cccc(OCc2ccccc2F)c1)c1cccc2nncn12. The number of hydrogen-bond donors (Lipinski definition) is 1. The molecule has 0 radical (unpaired) electrons. The van der Waals surface area contributed by atoms with Gasteiger partial charge >= 0.3 is 0 Å². The molecular formula is C21H17FN4O2. The molecule has 1 N–H and O–H groups in total. The van der Waals surface area contributed by atoms with Gasteiger partial charge in [0.05, 0.1) is 0 Å². The van der Waals surface area contributed by atoms with E-state index >= 15 is 0 Å². The maximum absolute atomic E-state index is 13.7. The van der Waals surface area contributed by atoms with E-state index in [1.54, 1.807) is 46.9 Å². The van der Waals surface area contributed by atoms with E-state index in [4.69, 9.17) is 4.74 Å². The number of ether oxygens (including phenoxy) is 1. The third-order valence-electron chi connectivity index (χ3n) is 4.27. The van der Waals surface area contributed by atoms with Crippen LogP contribution in [-0.2, 0) is 13.2 Å². The first-order chi connectivity index (χ1) is 13.7. The first-order valence-corrected chi connectivity index (χ1v) is 8.73. The minimum absolute atomic E-state index is 0.137. The number of carbonyl (C=O) groups excluding carboxylic acids is 1. The fourth-order valence-corrected chi connectivity index (χ4v) is 2.83. The summed E-state index contributed by atoms with van der Waals surface area (Å²) in [7, 11) is 0. The van der Waals surface area contributed by atoms with E-state index in [0.717, 1.165) is 5.56 Å². The highest BCUT2D eigenvalue weighted by molar-refractivity contribution is 5.93. The molecule has 2 heterocycles. The maximum Gasteiger partial charge on any atom is 0.268 e. The van der Waals surface area contributed by atoms with Gasteiger partial charge in [0.15, 0.2) is 5.65 Å². The van der Waals surface area contributed by atoms with Crippen molar-refractivity contribution in [1.29, 1.82) is 0 Å². The topological polar surface area (TPSA) is 68.5 Å². The van der Waals surface area contributed by atoms with Crippen LogP contribution in [0.25, 0.3) is 5.65 Å². The van der Waals surface area contributed by atoms with Gasteiger partial charge in [-0.05, 0) is 35.9 Å². The molecule has 0 saturated heterocycles. The predicted molar refractivity (Wildman–Crippen MR) is 101 cm³/mol. The highest BCUT2D eigenvalue weighted by Gasteiger charge is 2.10. The Hall–Kier alpha value is -3.74. The van der Waals surface area contributed by atoms with Crippen molar-refractivity contribution < 1.29 is 13.9 Å². The molecule has 28 heavy (non-hydrogen) atoms. The average molecular weight is 376 g/mol. The number of amides is 1. The van der Waals surface area contributed by atoms with E-state index in [9.17, 15) is 9.18 Å². The van der Waals surface area contributed by atoms with Gasteiger partial charge < -0.3 is 10.1 Å². The van der Waals surface area contributed by atoms with Crippen molar-refractivity contribution in [2.24, 2.45) is 0 Å². The average Bonchev–Trinajstić information content (AvgIpc) is 3.21. The molecule has 0 aliphatic heterocycles. The summed E-state index contributed by atoms with van der Waals surface area (Å²) in [4.78, 5) is 12.5. The van der Waals surface area contributed by atoms with Crippen LogP contribution in [0.2, 0.25) is 0 Å². The summed E-state index contributed by atoms with van der Waals surface area (Å²) < 4.78 is 21.0. The maximum atomic E-state index is 13.7. The van der Waals surface area contributed by atoms with Crippen LogP contribution >= 0.6 is 0 Å². The molecule has 6 nitrogen and oxygen atoms in total. The van der Waals surface area contributed by atoms with Crippen LogP contribution in [0.1, 0.15) is 21.6 Å². The molecule has 4 aromatic rings. The van der Waals surface area contributed by atoms with Gasteiger partial charge in [0, 0.05) is 12.1 Å². The van der Waals surface area contributed by atoms with E-state index in [1.165, 1.54) is 12.4 Å². The number of nitrogens with zero attached hydrogens (tertiary/aromatic N) is 3. The van der Waals surface area contributed by atoms with Gasteiger partial charge in [-0.25, -0.2) is 4.39 Å². The van der Waals surface area contributed by atoms with Crippen molar-refractivity contribution >= 4 is 11.6 Å². The molecule has 0 aliphatic rings. The second-order valence-corrected chi connectivity index (χ2v) is 6.18. The molecule has 4 rings (SSSR count). The van der Waals surface area contributed by atoms with Crippen molar-refractivity contribution in [1.82, 2.24) is 19.9 Å². The summed E-state index contributed by atoms with van der Waals surface area (Å²) in [6.07, 6.45) is 1.50. The van der Waals surface area contributed by atoms with Gasteiger partial charge in [0.25, 0.3) is 5.91 Å². The van der Waals surface area contributed by atoms with Crippen molar-refractivity contribution in [2.75, 3.05) is 0 Å². The van der Waals surface area contributed by atoms with Crippen molar-refractivity contribution in [3.63, 3.8) is 0 Å². The lowest BCUT2D eigenvalue weighted by Gasteiger charge is -2.10. The zero-order valence-electron chi connectivity index (χ0n) is 14.9. The molecule has 0 bridgehead atoms. The van der Waals surface area contributed by atoms with Gasteiger partial charge in [-0.2, -0.15) is 0 Å². The summed E-state index contributed by atoms with van der Waals surface area (Å²) in [6.45, 7) is 0.465. The van der Waals surface area contributed by atoms with Crippen molar-refractivity contribution in [3.05, 3.63) is 95.7 Å². The Labute approximate surface area is 160 Å². The van der Waals surface area contributed by atoms with E-state index < -0.39 is 0 Å². The van der Waals surface area contributed by atoms with Gasteiger partial charge in [-0.15, -0.1) is 10.2 Å². The summed E-state index contributed by atoms with van der Waals surface area (Å²) in [5.74, 6) is 0.0769. The van der Waals surface area contributed by atoms with Gasteiger partial charge in [0.2, 0.25) is 0 Å². The number of fused-ring (bicyclic) bond motifs is 1. The normalized spacial score (nSPS) is 10.8. The lowest BCUT2D eigenvalue weighted by Crippen LogP contribution is -2.24. The van der Waals surface area contributed by atoms with E-state index in [1.807, 2.05) is 18.2 Å². The zero-order valence-corrected chi connectivity index (χ0v) is 14.9. The Morgan fingerprint density at radius 2 is 1.93 bits per heavy atom. The minimum Gasteiger partial charge on any atom is -0.489 e. The number of benzene rings is 2. The van der Waals surface area contributed by atoms with Crippen LogP contribution in [0.15, 0.2) is 73.1 Å². The summed E-state index contributed by atoms with van der Waals surface area (Å²) in [5, 5.41) is 10.6. The second-order valence-electron chi connectivity index (χ2n) is 6.18. The van der Waals surface area contributed by atoms with E-state index in [2.05, 4.69) is 15.5 Å². The fourth-order valence-electron chi connectivity index (χ4n) is 2.83. The summed E-state index contributed by atoms with van der Waals surface area (Å²) in [6, 6.07) is 19.1. The molecule has 0 aliphatic carbocycles. The number of nitrogens with one attached hydrogen (secondary N) is 1. The largest absolute Gasteiger partial charge is 0.489 e. The Morgan fingerprint density at radius 1 is 1.07 bits per heavy atom. The smallest absolute Gasteiger partial charge is 0.268 e. The fraction of sp³-hybridized carbons (Fsp3) is 0.0952. The van der Waals surface area contributed by atoms with Crippen LogP contribution in [0, 0.1) is 5.82 Å². The molecule has 2 aromatic carbocycles. The predicted octanol–water partition coefficient (Wildman–Crippen LogP) is 3.38. The summed E-state index contributed by atoms with van der Waals surface area (Å²) >= 11 is 0. The molecule has 7 heteroatoms. The number of halogens is 1. The van der Waals surface area contributed by atoms with Crippen molar-refractivity contribution in [2.45, 2.75) is 13.2 Å². The molecule has 0 fully saturated rings. The zero-order chi connectivity index (χ0) is 19.3. The van der Waals surface area contributed by atoms with Gasteiger partial charge in [-0.3, -0.25) is 9.20 Å². The Bertz CT molecular complexity index is 1130. The molecule has 0 spiro atoms. The van der Waals surface area contributed by atoms with Crippen LogP contribution in [-0.4, -0.2) is 20.5 Å². The van der Waals surface area contributed by atoms with Crippen molar-refractivity contribution in [3.8, 4) is 5.75 Å². The number of pyridine rings is 1. The first-order valence-electron chi connectivity index (χ1n) is 8.73. The highest BCUT2D eigenvalue weighted by Crippen LogP contribution is 2.16. The van der Waals surface area contributed by atoms with Crippen LogP contribution in [0.5, 0.6) is 5.75 Å². The Kier molecular flexibility index (Phi) is 4.97. The molecule has 140 valence electrons. The van der Waals surface area contributed by atoms with E-state index in [-0.39, 0.29) is 18.3 Å². The standard InChI is InChI=1S/C21H17FN4O2/c22-18-8-2-1-6-16(18)13-28-17-7-3-5-15(11-17)12-23-21(27)19-9-4-10-20-25-24-14-26(19)20/h1-11,14H,12-13H2,(H,23,27). The third kappa shape index (κ3) is 3.83. The Morgan fingerprint density at radius 3 is 2.82 bits per heavy atom. The quantitative estimate of drug-likeness (QED) is 0.560. The lowest BCUT2D eigenvalue weighted by atomic mass is 10.2. The number of hydrogen-bond acceptors (Lipinski definition) is 4. The highest BCUT2D eigenvalue weighted by atomic mass is 19.1. The molecule has 2 aromatic heterocycles. The van der Waals surface area contributed by atoms with E-state index in [0.29, 0.717) is 29.2 Å². The third-order valence-corrected chi connectivity index (χ3v) is 4.27. The Balaban J connectivity index is 1.40.